The summed E-state index contributed by atoms with van der Waals surface area (Å²) in [5.74, 6) is -1.04. The number of phenols is 1. The number of rotatable bonds is 4. The first-order valence-electron chi connectivity index (χ1n) is 9.63. The maximum atomic E-state index is 13.1. The molecule has 3 heterocycles. The van der Waals surface area contributed by atoms with E-state index in [0.717, 1.165) is 4.88 Å². The van der Waals surface area contributed by atoms with Crippen molar-refractivity contribution in [3.05, 3.63) is 80.0 Å². The van der Waals surface area contributed by atoms with E-state index in [4.69, 9.17) is 9.47 Å². The third kappa shape index (κ3) is 3.43. The summed E-state index contributed by atoms with van der Waals surface area (Å²) in [6.45, 7) is 0.230. The Hall–Kier alpha value is -3.30. The molecule has 0 bridgehead atoms. The minimum Gasteiger partial charge on any atom is -0.508 e. The number of benzene rings is 2. The van der Waals surface area contributed by atoms with Gasteiger partial charge in [-0.1, -0.05) is 22.0 Å². The number of ether oxygens (including phenoxy) is 2. The van der Waals surface area contributed by atoms with Crippen molar-refractivity contribution in [3.63, 3.8) is 0 Å². The molecule has 1 fully saturated rings. The lowest BCUT2D eigenvalue weighted by atomic mass is 9.94. The van der Waals surface area contributed by atoms with Gasteiger partial charge < -0.3 is 24.6 Å². The number of carbonyl (C=O) groups is 2. The second kappa shape index (κ2) is 7.99. The van der Waals surface area contributed by atoms with Gasteiger partial charge in [-0.25, -0.2) is 0 Å². The molecule has 1 saturated heterocycles. The van der Waals surface area contributed by atoms with Crippen LogP contribution in [0.15, 0.2) is 64.0 Å². The van der Waals surface area contributed by atoms with Crippen LogP contribution in [0.3, 0.4) is 0 Å². The molecule has 162 valence electrons. The van der Waals surface area contributed by atoms with Crippen LogP contribution in [0.4, 0.5) is 0 Å². The minimum absolute atomic E-state index is 0.0661. The summed E-state index contributed by atoms with van der Waals surface area (Å²) in [6, 6.07) is 12.3. The number of aliphatic hydroxyl groups excluding tert-OH is 1. The van der Waals surface area contributed by atoms with E-state index in [2.05, 4.69) is 15.9 Å². The van der Waals surface area contributed by atoms with Crippen LogP contribution in [0.25, 0.3) is 5.76 Å². The maximum Gasteiger partial charge on any atom is 0.295 e. The van der Waals surface area contributed by atoms with Crippen molar-refractivity contribution in [2.24, 2.45) is 0 Å². The molecule has 0 saturated carbocycles. The Morgan fingerprint density at radius 1 is 1.12 bits per heavy atom. The molecular formula is C23H16BrNO6S. The van der Waals surface area contributed by atoms with Crippen LogP contribution in [0.2, 0.25) is 0 Å². The molecule has 5 rings (SSSR count). The van der Waals surface area contributed by atoms with Crippen LogP contribution in [-0.4, -0.2) is 33.6 Å². The van der Waals surface area contributed by atoms with Crippen molar-refractivity contribution >= 4 is 44.7 Å². The average Bonchev–Trinajstić information content (AvgIpc) is 3.52. The first kappa shape index (κ1) is 20.6. The molecule has 2 aliphatic heterocycles. The largest absolute Gasteiger partial charge is 0.508 e. The molecule has 2 N–H and O–H groups in total. The summed E-state index contributed by atoms with van der Waals surface area (Å²) in [6.07, 6.45) is 0. The molecule has 1 amide bonds. The number of hydrogen-bond acceptors (Lipinski definition) is 7. The highest BCUT2D eigenvalue weighted by atomic mass is 79.9. The number of ketones is 1. The fraction of sp³-hybridized carbons (Fsp3) is 0.130. The van der Waals surface area contributed by atoms with Crippen LogP contribution < -0.4 is 9.47 Å². The van der Waals surface area contributed by atoms with E-state index in [9.17, 15) is 19.8 Å². The van der Waals surface area contributed by atoms with Gasteiger partial charge in [0, 0.05) is 20.5 Å². The predicted molar refractivity (Wildman–Crippen MR) is 121 cm³/mol. The van der Waals surface area contributed by atoms with Gasteiger partial charge in [0.25, 0.3) is 11.7 Å². The minimum atomic E-state index is -0.972. The number of Topliss-reactive ketones (excluding diaryl/α,β-unsaturated/α-hetero) is 1. The Labute approximate surface area is 195 Å². The standard InChI is InChI=1S/C23H16BrNO6S/c24-13-4-5-16(26)15(9-13)20-19(21(27)12-3-6-17-18(8-12)31-11-30-17)22(28)23(29)25(20)10-14-2-1-7-32-14/h1-9,20,26-27H,10-11H2/b21-19+. The SMILES string of the molecule is O=C1C(=O)N(Cc2cccs2)C(c2cc(Br)ccc2O)/C1=C(\O)c1ccc2c(c1)OCO2. The smallest absolute Gasteiger partial charge is 0.295 e. The molecule has 0 aliphatic carbocycles. The van der Waals surface area contributed by atoms with Crippen molar-refractivity contribution in [3.8, 4) is 17.2 Å². The quantitative estimate of drug-likeness (QED) is 0.301. The molecule has 1 atom stereocenters. The Morgan fingerprint density at radius 3 is 2.72 bits per heavy atom. The van der Waals surface area contributed by atoms with Crippen LogP contribution in [0.1, 0.15) is 22.0 Å². The first-order valence-corrected chi connectivity index (χ1v) is 11.3. The van der Waals surface area contributed by atoms with Crippen molar-refractivity contribution in [2.75, 3.05) is 6.79 Å². The van der Waals surface area contributed by atoms with Gasteiger partial charge in [0.15, 0.2) is 11.5 Å². The van der Waals surface area contributed by atoms with Crippen molar-refractivity contribution in [1.29, 1.82) is 0 Å². The van der Waals surface area contributed by atoms with E-state index in [1.807, 2.05) is 17.5 Å². The molecule has 1 unspecified atom stereocenters. The topological polar surface area (TPSA) is 96.3 Å². The molecule has 0 radical (unpaired) electrons. The predicted octanol–water partition coefficient (Wildman–Crippen LogP) is 4.57. The van der Waals surface area contributed by atoms with Gasteiger partial charge in [-0.15, -0.1) is 11.3 Å². The number of nitrogens with zero attached hydrogens (tertiary/aromatic N) is 1. The first-order chi connectivity index (χ1) is 15.4. The number of thiophene rings is 1. The summed E-state index contributed by atoms with van der Waals surface area (Å²) >= 11 is 4.83. The molecule has 1 aromatic heterocycles. The Bertz CT molecular complexity index is 1270. The number of carbonyl (C=O) groups excluding carboxylic acids is 2. The van der Waals surface area contributed by atoms with Crippen LogP contribution >= 0.6 is 27.3 Å². The summed E-state index contributed by atoms with van der Waals surface area (Å²) in [5.41, 5.74) is 0.541. The average molecular weight is 514 g/mol. The Kier molecular flexibility index (Phi) is 5.15. The van der Waals surface area contributed by atoms with Gasteiger partial charge in [0.1, 0.15) is 11.5 Å². The Balaban J connectivity index is 1.68. The van der Waals surface area contributed by atoms with Crippen molar-refractivity contribution in [1.82, 2.24) is 4.90 Å². The third-order valence-corrected chi connectivity index (χ3v) is 6.73. The molecule has 9 heteroatoms. The molecule has 32 heavy (non-hydrogen) atoms. The van der Waals surface area contributed by atoms with E-state index in [1.165, 1.54) is 22.3 Å². The number of aromatic hydroxyl groups is 1. The molecule has 7 nitrogen and oxygen atoms in total. The number of halogens is 1. The monoisotopic (exact) mass is 513 g/mol. The molecule has 3 aromatic rings. The van der Waals surface area contributed by atoms with E-state index < -0.39 is 17.7 Å². The Morgan fingerprint density at radius 2 is 1.94 bits per heavy atom. The van der Waals surface area contributed by atoms with Crippen LogP contribution in [-0.2, 0) is 16.1 Å². The lowest BCUT2D eigenvalue weighted by Crippen LogP contribution is -2.28. The molecule has 2 aromatic carbocycles. The van der Waals surface area contributed by atoms with Crippen LogP contribution in [0, 0.1) is 0 Å². The van der Waals surface area contributed by atoms with E-state index in [1.54, 1.807) is 30.3 Å². The van der Waals surface area contributed by atoms with E-state index >= 15 is 0 Å². The normalized spacial score (nSPS) is 19.0. The van der Waals surface area contributed by atoms with E-state index in [0.29, 0.717) is 27.1 Å². The molecular weight excluding hydrogens is 498 g/mol. The zero-order valence-corrected chi connectivity index (χ0v) is 18.9. The van der Waals surface area contributed by atoms with Crippen LogP contribution in [0.5, 0.6) is 17.2 Å². The number of likely N-dealkylation sites (tertiary alicyclic amines) is 1. The summed E-state index contributed by atoms with van der Waals surface area (Å²) in [7, 11) is 0. The zero-order chi connectivity index (χ0) is 22.4. The summed E-state index contributed by atoms with van der Waals surface area (Å²) in [5, 5.41) is 23.6. The summed E-state index contributed by atoms with van der Waals surface area (Å²) < 4.78 is 11.3. The van der Waals surface area contributed by atoms with Gasteiger partial charge in [-0.3, -0.25) is 9.59 Å². The number of aliphatic hydroxyl groups is 1. The molecule has 2 aliphatic rings. The summed E-state index contributed by atoms with van der Waals surface area (Å²) in [4.78, 5) is 28.4. The molecule has 0 spiro atoms. The highest BCUT2D eigenvalue weighted by molar-refractivity contribution is 9.10. The zero-order valence-electron chi connectivity index (χ0n) is 16.4. The van der Waals surface area contributed by atoms with Crippen molar-refractivity contribution in [2.45, 2.75) is 12.6 Å². The fourth-order valence-corrected chi connectivity index (χ4v) is 4.96. The van der Waals surface area contributed by atoms with Gasteiger partial charge >= 0.3 is 0 Å². The highest BCUT2D eigenvalue weighted by Crippen LogP contribution is 2.45. The third-order valence-electron chi connectivity index (χ3n) is 5.38. The second-order valence-electron chi connectivity index (χ2n) is 7.28. The number of hydrogen-bond donors (Lipinski definition) is 2. The number of fused-ring (bicyclic) bond motifs is 1. The van der Waals surface area contributed by atoms with Gasteiger partial charge in [-0.2, -0.15) is 0 Å². The fourth-order valence-electron chi connectivity index (χ4n) is 3.88. The number of phenolic OH excluding ortho intramolecular Hbond substituents is 1. The number of amides is 1. The lowest BCUT2D eigenvalue weighted by molar-refractivity contribution is -0.140. The van der Waals surface area contributed by atoms with Crippen molar-refractivity contribution < 1.29 is 29.3 Å². The second-order valence-corrected chi connectivity index (χ2v) is 9.23. The lowest BCUT2D eigenvalue weighted by Gasteiger charge is -2.25. The highest BCUT2D eigenvalue weighted by Gasteiger charge is 2.47. The van der Waals surface area contributed by atoms with E-state index in [-0.39, 0.29) is 30.4 Å². The van der Waals surface area contributed by atoms with Gasteiger partial charge in [0.05, 0.1) is 18.2 Å². The van der Waals surface area contributed by atoms with Gasteiger partial charge in [-0.05, 0) is 47.8 Å². The van der Waals surface area contributed by atoms with Gasteiger partial charge in [0.2, 0.25) is 6.79 Å². The maximum absolute atomic E-state index is 13.1.